The van der Waals surface area contributed by atoms with Gasteiger partial charge in [-0.2, -0.15) is 0 Å². The Labute approximate surface area is 106 Å². The largest absolute Gasteiger partial charge is 0.481 e. The standard InChI is InChI=1S/C13H18N2O3/c1-9(2)11(8-13(17)18)15-12(16)7-10-5-3-4-6-14-10/h3-6,9,11H,7-8H2,1-2H3,(H,15,16)(H,17,18). The highest BCUT2D eigenvalue weighted by Gasteiger charge is 2.19. The van der Waals surface area contributed by atoms with Crippen LogP contribution in [0.25, 0.3) is 0 Å². The molecule has 1 heterocycles. The SMILES string of the molecule is CC(C)C(CC(=O)O)NC(=O)Cc1ccccn1. The summed E-state index contributed by atoms with van der Waals surface area (Å²) in [6, 6.07) is 5.01. The van der Waals surface area contributed by atoms with Crippen LogP contribution in [0.4, 0.5) is 0 Å². The van der Waals surface area contributed by atoms with E-state index in [9.17, 15) is 9.59 Å². The van der Waals surface area contributed by atoms with E-state index in [0.29, 0.717) is 5.69 Å². The molecule has 0 aliphatic heterocycles. The number of hydrogen-bond donors (Lipinski definition) is 2. The lowest BCUT2D eigenvalue weighted by Crippen LogP contribution is -2.40. The van der Waals surface area contributed by atoms with Crippen LogP contribution in [-0.2, 0) is 16.0 Å². The molecule has 0 spiro atoms. The molecule has 0 bridgehead atoms. The molecule has 98 valence electrons. The van der Waals surface area contributed by atoms with Gasteiger partial charge in [0, 0.05) is 17.9 Å². The minimum absolute atomic E-state index is 0.0639. The maximum absolute atomic E-state index is 11.8. The maximum Gasteiger partial charge on any atom is 0.305 e. The van der Waals surface area contributed by atoms with Gasteiger partial charge in [0.1, 0.15) is 0 Å². The summed E-state index contributed by atoms with van der Waals surface area (Å²) in [5.41, 5.74) is 0.674. The molecule has 0 aliphatic carbocycles. The number of aromatic nitrogens is 1. The fraction of sp³-hybridized carbons (Fsp3) is 0.462. The van der Waals surface area contributed by atoms with Crippen molar-refractivity contribution < 1.29 is 14.7 Å². The lowest BCUT2D eigenvalue weighted by molar-refractivity contribution is -0.138. The molecular weight excluding hydrogens is 232 g/mol. The fourth-order valence-corrected chi connectivity index (χ4v) is 1.57. The van der Waals surface area contributed by atoms with Gasteiger partial charge in [-0.1, -0.05) is 19.9 Å². The zero-order valence-corrected chi connectivity index (χ0v) is 10.6. The Hall–Kier alpha value is -1.91. The second-order valence-corrected chi connectivity index (χ2v) is 4.51. The van der Waals surface area contributed by atoms with Crippen molar-refractivity contribution in [2.24, 2.45) is 5.92 Å². The van der Waals surface area contributed by atoms with Gasteiger partial charge in [-0.3, -0.25) is 14.6 Å². The quantitative estimate of drug-likeness (QED) is 0.796. The van der Waals surface area contributed by atoms with Gasteiger partial charge < -0.3 is 10.4 Å². The molecule has 1 unspecified atom stereocenters. The molecule has 1 aromatic rings. The number of carboxylic acid groups (broad SMARTS) is 1. The zero-order valence-electron chi connectivity index (χ0n) is 10.6. The van der Waals surface area contributed by atoms with Gasteiger partial charge >= 0.3 is 5.97 Å². The Morgan fingerprint density at radius 3 is 2.61 bits per heavy atom. The number of carbonyl (C=O) groups excluding carboxylic acids is 1. The van der Waals surface area contributed by atoms with Crippen LogP contribution in [0.3, 0.4) is 0 Å². The second-order valence-electron chi connectivity index (χ2n) is 4.51. The number of nitrogens with zero attached hydrogens (tertiary/aromatic N) is 1. The Balaban J connectivity index is 2.54. The second kappa shape index (κ2) is 6.74. The first-order valence-electron chi connectivity index (χ1n) is 5.90. The number of pyridine rings is 1. The fourth-order valence-electron chi connectivity index (χ4n) is 1.57. The number of carbonyl (C=O) groups is 2. The molecule has 1 atom stereocenters. The van der Waals surface area contributed by atoms with E-state index in [2.05, 4.69) is 10.3 Å². The van der Waals surface area contributed by atoms with Crippen molar-refractivity contribution in [1.82, 2.24) is 10.3 Å². The molecule has 0 saturated heterocycles. The minimum atomic E-state index is -0.910. The Kier molecular flexibility index (Phi) is 5.30. The molecule has 5 heteroatoms. The number of rotatable bonds is 6. The number of aliphatic carboxylic acids is 1. The van der Waals surface area contributed by atoms with E-state index < -0.39 is 5.97 Å². The van der Waals surface area contributed by atoms with E-state index in [1.807, 2.05) is 19.9 Å². The first-order chi connectivity index (χ1) is 8.49. The van der Waals surface area contributed by atoms with Crippen LogP contribution in [0.1, 0.15) is 26.0 Å². The molecular formula is C13H18N2O3. The topological polar surface area (TPSA) is 79.3 Å². The number of hydrogen-bond acceptors (Lipinski definition) is 3. The summed E-state index contributed by atoms with van der Waals surface area (Å²) < 4.78 is 0. The van der Waals surface area contributed by atoms with Gasteiger partial charge in [0.2, 0.25) is 5.91 Å². The van der Waals surface area contributed by atoms with Gasteiger partial charge in [0.05, 0.1) is 12.8 Å². The highest BCUT2D eigenvalue weighted by molar-refractivity contribution is 5.79. The summed E-state index contributed by atoms with van der Waals surface area (Å²) >= 11 is 0. The third-order valence-electron chi connectivity index (χ3n) is 2.61. The van der Waals surface area contributed by atoms with E-state index in [4.69, 9.17) is 5.11 Å². The number of amides is 1. The van der Waals surface area contributed by atoms with Gasteiger partial charge in [-0.05, 0) is 18.1 Å². The summed E-state index contributed by atoms with van der Waals surface area (Å²) in [6.45, 7) is 3.77. The molecule has 2 N–H and O–H groups in total. The van der Waals surface area contributed by atoms with E-state index in [1.54, 1.807) is 18.3 Å². The average Bonchev–Trinajstić information content (AvgIpc) is 2.28. The smallest absolute Gasteiger partial charge is 0.305 e. The van der Waals surface area contributed by atoms with Crippen molar-refractivity contribution in [1.29, 1.82) is 0 Å². The van der Waals surface area contributed by atoms with Crippen molar-refractivity contribution in [2.75, 3.05) is 0 Å². The zero-order chi connectivity index (χ0) is 13.5. The van der Waals surface area contributed by atoms with Crippen LogP contribution >= 0.6 is 0 Å². The summed E-state index contributed by atoms with van der Waals surface area (Å²) in [6.07, 6.45) is 1.73. The van der Waals surface area contributed by atoms with Crippen LogP contribution in [0.15, 0.2) is 24.4 Å². The number of carboxylic acids is 1. The Morgan fingerprint density at radius 1 is 1.39 bits per heavy atom. The van der Waals surface area contributed by atoms with E-state index >= 15 is 0 Å². The van der Waals surface area contributed by atoms with Crippen molar-refractivity contribution in [3.63, 3.8) is 0 Å². The molecule has 0 saturated carbocycles. The molecule has 5 nitrogen and oxygen atoms in total. The van der Waals surface area contributed by atoms with Gasteiger partial charge in [-0.15, -0.1) is 0 Å². The Bertz CT molecular complexity index is 404. The van der Waals surface area contributed by atoms with Crippen molar-refractivity contribution in [3.05, 3.63) is 30.1 Å². The van der Waals surface area contributed by atoms with Crippen LogP contribution in [0.2, 0.25) is 0 Å². The first-order valence-corrected chi connectivity index (χ1v) is 5.90. The molecule has 0 aliphatic rings. The first kappa shape index (κ1) is 14.2. The lowest BCUT2D eigenvalue weighted by atomic mass is 10.0. The van der Waals surface area contributed by atoms with Crippen LogP contribution < -0.4 is 5.32 Å². The van der Waals surface area contributed by atoms with Crippen molar-refractivity contribution in [3.8, 4) is 0 Å². The monoisotopic (exact) mass is 250 g/mol. The molecule has 1 amide bonds. The molecule has 0 fully saturated rings. The third kappa shape index (κ3) is 4.95. The van der Waals surface area contributed by atoms with Gasteiger partial charge in [0.15, 0.2) is 0 Å². The van der Waals surface area contributed by atoms with Crippen LogP contribution in [-0.4, -0.2) is 28.0 Å². The lowest BCUT2D eigenvalue weighted by Gasteiger charge is -2.20. The predicted octanol–water partition coefficient (Wildman–Crippen LogP) is 1.24. The van der Waals surface area contributed by atoms with Crippen LogP contribution in [0, 0.1) is 5.92 Å². The highest BCUT2D eigenvalue weighted by Crippen LogP contribution is 2.06. The van der Waals surface area contributed by atoms with E-state index in [-0.39, 0.29) is 30.7 Å². The summed E-state index contributed by atoms with van der Waals surface area (Å²) in [4.78, 5) is 26.5. The van der Waals surface area contributed by atoms with E-state index in [0.717, 1.165) is 0 Å². The van der Waals surface area contributed by atoms with Gasteiger partial charge in [-0.25, -0.2) is 0 Å². The Morgan fingerprint density at radius 2 is 2.11 bits per heavy atom. The van der Waals surface area contributed by atoms with E-state index in [1.165, 1.54) is 0 Å². The number of nitrogens with one attached hydrogen (secondary N) is 1. The van der Waals surface area contributed by atoms with Crippen molar-refractivity contribution in [2.45, 2.75) is 32.7 Å². The molecule has 0 aromatic carbocycles. The summed E-state index contributed by atoms with van der Waals surface area (Å²) in [5.74, 6) is -1.03. The minimum Gasteiger partial charge on any atom is -0.481 e. The third-order valence-corrected chi connectivity index (χ3v) is 2.61. The highest BCUT2D eigenvalue weighted by atomic mass is 16.4. The summed E-state index contributed by atoms with van der Waals surface area (Å²) in [5, 5.41) is 11.5. The van der Waals surface area contributed by atoms with Crippen molar-refractivity contribution >= 4 is 11.9 Å². The van der Waals surface area contributed by atoms with Crippen LogP contribution in [0.5, 0.6) is 0 Å². The molecule has 1 rings (SSSR count). The normalized spacial score (nSPS) is 12.2. The molecule has 18 heavy (non-hydrogen) atoms. The molecule has 1 aromatic heterocycles. The summed E-state index contributed by atoms with van der Waals surface area (Å²) in [7, 11) is 0. The predicted molar refractivity (Wildman–Crippen MR) is 67.0 cm³/mol. The average molecular weight is 250 g/mol. The van der Waals surface area contributed by atoms with Gasteiger partial charge in [0.25, 0.3) is 0 Å². The molecule has 0 radical (unpaired) electrons. The maximum atomic E-state index is 11.8.